The Morgan fingerprint density at radius 3 is 2.41 bits per heavy atom. The van der Waals surface area contributed by atoms with Gasteiger partial charge in [-0.1, -0.05) is 61.0 Å². The highest BCUT2D eigenvalue weighted by Gasteiger charge is 2.30. The van der Waals surface area contributed by atoms with E-state index in [1.54, 1.807) is 16.9 Å². The maximum Gasteiger partial charge on any atom is 0.255 e. The molecule has 0 aliphatic carbocycles. The summed E-state index contributed by atoms with van der Waals surface area (Å²) < 4.78 is 7.53. The van der Waals surface area contributed by atoms with E-state index in [0.717, 1.165) is 5.56 Å². The molecule has 0 fully saturated rings. The zero-order chi connectivity index (χ0) is 36.9. The van der Waals surface area contributed by atoms with Crippen LogP contribution in [0.5, 0.6) is 5.75 Å². The molecule has 0 unspecified atom stereocenters. The SMILES string of the molecule is CC(C)C[C@@H]1NC(=O)c2ccc(Cl)cc2OCCCn2cc(nn2)CNC(=O)[C@@H](Cc2ccccc2)NC(=O)[C@H]([C@@H](C)O)NC(=O)CCNC1=O. The van der Waals surface area contributed by atoms with E-state index in [1.807, 2.05) is 44.2 Å². The topological polar surface area (TPSA) is 206 Å². The van der Waals surface area contributed by atoms with Crippen LogP contribution in [0.1, 0.15) is 61.6 Å². The fraction of sp³-hybridized carbons (Fsp3) is 0.457. The molecule has 0 spiro atoms. The molecule has 0 saturated heterocycles. The second-order valence-corrected chi connectivity index (χ2v) is 13.2. The quantitative estimate of drug-likeness (QED) is 0.224. The number of hydrogen-bond acceptors (Lipinski definition) is 9. The van der Waals surface area contributed by atoms with Crippen molar-refractivity contribution in [2.24, 2.45) is 5.92 Å². The Morgan fingerprint density at radius 2 is 1.69 bits per heavy atom. The Labute approximate surface area is 301 Å². The first-order chi connectivity index (χ1) is 24.4. The Morgan fingerprint density at radius 1 is 0.941 bits per heavy atom. The van der Waals surface area contributed by atoms with Crippen molar-refractivity contribution in [1.82, 2.24) is 41.6 Å². The summed E-state index contributed by atoms with van der Waals surface area (Å²) in [5, 5.41) is 32.5. The second-order valence-electron chi connectivity index (χ2n) is 12.8. The summed E-state index contributed by atoms with van der Waals surface area (Å²) in [6.07, 6.45) is 1.07. The average Bonchev–Trinajstić information content (AvgIpc) is 3.54. The molecule has 2 bridgehead atoms. The zero-order valence-corrected chi connectivity index (χ0v) is 29.6. The molecule has 16 heteroatoms. The van der Waals surface area contributed by atoms with Gasteiger partial charge in [0.05, 0.1) is 31.0 Å². The lowest BCUT2D eigenvalue weighted by atomic mass is 10.0. The molecule has 4 atom stereocenters. The van der Waals surface area contributed by atoms with E-state index in [4.69, 9.17) is 16.3 Å². The van der Waals surface area contributed by atoms with Crippen molar-refractivity contribution >= 4 is 41.1 Å². The summed E-state index contributed by atoms with van der Waals surface area (Å²) in [6, 6.07) is 10.3. The lowest BCUT2D eigenvalue weighted by Gasteiger charge is -2.25. The molecular weight excluding hydrogens is 680 g/mol. The van der Waals surface area contributed by atoms with Crippen LogP contribution >= 0.6 is 11.6 Å². The summed E-state index contributed by atoms with van der Waals surface area (Å²) in [5.41, 5.74) is 1.44. The molecule has 274 valence electrons. The summed E-state index contributed by atoms with van der Waals surface area (Å²) in [7, 11) is 0. The van der Waals surface area contributed by atoms with Crippen LogP contribution in [-0.2, 0) is 38.7 Å². The van der Waals surface area contributed by atoms with Crippen molar-refractivity contribution < 1.29 is 33.8 Å². The third kappa shape index (κ3) is 12.1. The highest BCUT2D eigenvalue weighted by molar-refractivity contribution is 6.30. The third-order valence-electron chi connectivity index (χ3n) is 7.98. The van der Waals surface area contributed by atoms with Gasteiger partial charge in [-0.25, -0.2) is 0 Å². The van der Waals surface area contributed by atoms with Gasteiger partial charge in [-0.05, 0) is 43.0 Å². The van der Waals surface area contributed by atoms with Crippen LogP contribution in [0.2, 0.25) is 5.02 Å². The molecule has 4 rings (SSSR count). The van der Waals surface area contributed by atoms with Gasteiger partial charge in [0.2, 0.25) is 23.6 Å². The van der Waals surface area contributed by atoms with Gasteiger partial charge in [0.15, 0.2) is 0 Å². The molecule has 0 saturated carbocycles. The number of aryl methyl sites for hydroxylation is 1. The summed E-state index contributed by atoms with van der Waals surface area (Å²) >= 11 is 6.22. The monoisotopic (exact) mass is 724 g/mol. The number of aromatic nitrogens is 3. The number of fused-ring (bicyclic) bond motifs is 3. The standard InChI is InChI=1S/C35H45ClN8O7/c1-21(2)16-27-33(48)37-13-12-30(46)41-31(22(3)45)35(50)40-28(17-23-8-5-4-6-9-23)34(49)38-19-25-20-44(43-42-25)14-7-15-51-29-18-24(36)10-11-26(29)32(47)39-27/h4-6,8-11,18,20-22,27-28,31,45H,7,12-17,19H2,1-3H3,(H,37,48)(H,38,49)(H,39,47)(H,40,50)(H,41,46)/t22-,27+,28-,31+/m1/s1. The van der Waals surface area contributed by atoms with Crippen molar-refractivity contribution in [3.05, 3.63) is 76.6 Å². The van der Waals surface area contributed by atoms with Crippen molar-refractivity contribution in [3.63, 3.8) is 0 Å². The number of ether oxygens (including phenoxy) is 1. The molecule has 1 aliphatic heterocycles. The normalized spacial score (nSPS) is 21.0. The smallest absolute Gasteiger partial charge is 0.255 e. The molecule has 5 amide bonds. The van der Waals surface area contributed by atoms with Crippen LogP contribution < -0.4 is 31.3 Å². The number of carbonyl (C=O) groups excluding carboxylic acids is 5. The molecule has 6 N–H and O–H groups in total. The fourth-order valence-corrected chi connectivity index (χ4v) is 5.54. The predicted octanol–water partition coefficient (Wildman–Crippen LogP) is 1.27. The first-order valence-corrected chi connectivity index (χ1v) is 17.3. The van der Waals surface area contributed by atoms with Crippen molar-refractivity contribution in [1.29, 1.82) is 0 Å². The number of carbonyl (C=O) groups is 5. The number of nitrogens with zero attached hydrogens (tertiary/aromatic N) is 3. The van der Waals surface area contributed by atoms with E-state index in [9.17, 15) is 29.1 Å². The van der Waals surface area contributed by atoms with Crippen molar-refractivity contribution in [2.45, 2.75) is 83.8 Å². The molecule has 0 radical (unpaired) electrons. The van der Waals surface area contributed by atoms with Gasteiger partial charge in [0, 0.05) is 37.4 Å². The van der Waals surface area contributed by atoms with E-state index >= 15 is 0 Å². The maximum absolute atomic E-state index is 13.4. The van der Waals surface area contributed by atoms with Gasteiger partial charge in [-0.15, -0.1) is 5.10 Å². The largest absolute Gasteiger partial charge is 0.493 e. The van der Waals surface area contributed by atoms with Crippen LogP contribution in [0.25, 0.3) is 0 Å². The minimum absolute atomic E-state index is 0.0254. The van der Waals surface area contributed by atoms with Gasteiger partial charge < -0.3 is 36.4 Å². The Balaban J connectivity index is 1.57. The molecule has 1 aromatic heterocycles. The van der Waals surface area contributed by atoms with E-state index in [1.165, 1.54) is 19.1 Å². The van der Waals surface area contributed by atoms with Gasteiger partial charge in [0.1, 0.15) is 29.6 Å². The molecule has 2 heterocycles. The van der Waals surface area contributed by atoms with Gasteiger partial charge in [0.25, 0.3) is 5.91 Å². The molecule has 3 aromatic rings. The van der Waals surface area contributed by atoms with Crippen LogP contribution in [0.4, 0.5) is 0 Å². The Hall–Kier alpha value is -5.02. The van der Waals surface area contributed by atoms with E-state index in [-0.39, 0.29) is 49.8 Å². The minimum Gasteiger partial charge on any atom is -0.493 e. The number of aliphatic hydroxyl groups excluding tert-OH is 1. The van der Waals surface area contributed by atoms with Crippen LogP contribution in [-0.4, -0.2) is 87.0 Å². The maximum atomic E-state index is 13.4. The van der Waals surface area contributed by atoms with Gasteiger partial charge >= 0.3 is 0 Å². The number of rotatable bonds is 5. The fourth-order valence-electron chi connectivity index (χ4n) is 5.37. The molecule has 2 aromatic carbocycles. The predicted molar refractivity (Wildman–Crippen MR) is 187 cm³/mol. The zero-order valence-electron chi connectivity index (χ0n) is 28.9. The first kappa shape index (κ1) is 38.8. The number of aliphatic hydroxyl groups is 1. The van der Waals surface area contributed by atoms with E-state index in [0.29, 0.717) is 30.1 Å². The highest BCUT2D eigenvalue weighted by atomic mass is 35.5. The first-order valence-electron chi connectivity index (χ1n) is 16.9. The van der Waals surface area contributed by atoms with Crippen LogP contribution in [0.3, 0.4) is 0 Å². The summed E-state index contributed by atoms with van der Waals surface area (Å²) in [4.78, 5) is 66.4. The second kappa shape index (κ2) is 18.8. The minimum atomic E-state index is -1.39. The Kier molecular flexibility index (Phi) is 14.3. The van der Waals surface area contributed by atoms with Gasteiger partial charge in [-0.2, -0.15) is 0 Å². The third-order valence-corrected chi connectivity index (χ3v) is 8.22. The highest BCUT2D eigenvalue weighted by Crippen LogP contribution is 2.24. The number of benzene rings is 2. The average molecular weight is 725 g/mol. The lowest BCUT2D eigenvalue weighted by molar-refractivity contribution is -0.134. The summed E-state index contributed by atoms with van der Waals surface area (Å²) in [6.45, 7) is 5.70. The lowest BCUT2D eigenvalue weighted by Crippen LogP contribution is -2.57. The number of hydrogen-bond donors (Lipinski definition) is 6. The Bertz CT molecular complexity index is 1670. The van der Waals surface area contributed by atoms with Crippen molar-refractivity contribution in [2.75, 3.05) is 13.2 Å². The van der Waals surface area contributed by atoms with Crippen molar-refractivity contribution in [3.8, 4) is 5.75 Å². The van der Waals surface area contributed by atoms with Crippen LogP contribution in [0, 0.1) is 5.92 Å². The molecule has 15 nitrogen and oxygen atoms in total. The number of nitrogens with one attached hydrogen (secondary N) is 5. The molecule has 1 aliphatic rings. The van der Waals surface area contributed by atoms with Crippen LogP contribution in [0.15, 0.2) is 54.7 Å². The molecular formula is C35H45ClN8O7. The van der Waals surface area contributed by atoms with Gasteiger partial charge in [-0.3, -0.25) is 28.7 Å². The number of amides is 5. The molecule has 51 heavy (non-hydrogen) atoms. The van der Waals surface area contributed by atoms with E-state index in [2.05, 4.69) is 36.9 Å². The number of halogens is 1. The van der Waals surface area contributed by atoms with E-state index < -0.39 is 53.8 Å². The summed E-state index contributed by atoms with van der Waals surface area (Å²) in [5.74, 6) is -2.65.